The molecule has 13 nitrogen and oxygen atoms in total. The second kappa shape index (κ2) is 11.1. The van der Waals surface area contributed by atoms with Crippen LogP contribution in [0.4, 0.5) is 10.5 Å². The zero-order valence-corrected chi connectivity index (χ0v) is 20.4. The smallest absolute Gasteiger partial charge is 0.434 e. The average Bonchev–Trinajstić information content (AvgIpc) is 3.13. The van der Waals surface area contributed by atoms with Gasteiger partial charge in [-0.2, -0.15) is 0 Å². The first-order valence-corrected chi connectivity index (χ1v) is 11.9. The fraction of sp³-hybridized carbons (Fsp3) is 0.320. The minimum absolute atomic E-state index is 0.0145. The van der Waals surface area contributed by atoms with Gasteiger partial charge in [-0.3, -0.25) is 34.2 Å². The second-order valence-corrected chi connectivity index (χ2v) is 8.63. The number of rotatable bonds is 7. The van der Waals surface area contributed by atoms with Gasteiger partial charge in [0.1, 0.15) is 12.3 Å². The van der Waals surface area contributed by atoms with E-state index in [2.05, 4.69) is 5.32 Å². The van der Waals surface area contributed by atoms with Crippen LogP contribution in [0.2, 0.25) is 0 Å². The summed E-state index contributed by atoms with van der Waals surface area (Å²) >= 11 is 0. The van der Waals surface area contributed by atoms with Crippen molar-refractivity contribution in [1.29, 1.82) is 0 Å². The maximum atomic E-state index is 12.8. The first-order valence-electron chi connectivity index (χ1n) is 11.9. The topological polar surface area (TPSA) is 165 Å². The lowest BCUT2D eigenvalue weighted by Gasteiger charge is -2.32. The van der Waals surface area contributed by atoms with Gasteiger partial charge in [0.05, 0.1) is 22.7 Å². The van der Waals surface area contributed by atoms with Crippen LogP contribution in [0.15, 0.2) is 42.5 Å². The van der Waals surface area contributed by atoms with E-state index >= 15 is 0 Å². The molecule has 4 rings (SSSR count). The van der Waals surface area contributed by atoms with E-state index in [0.29, 0.717) is 31.5 Å². The van der Waals surface area contributed by atoms with Crippen molar-refractivity contribution in [2.75, 3.05) is 26.2 Å². The molecule has 0 spiro atoms. The number of nitrogens with zero attached hydrogens (tertiary/aromatic N) is 3. The zero-order chi connectivity index (χ0) is 27.4. The van der Waals surface area contributed by atoms with Gasteiger partial charge in [-0.25, -0.2) is 4.79 Å². The fourth-order valence-corrected chi connectivity index (χ4v) is 4.27. The van der Waals surface area contributed by atoms with Crippen LogP contribution >= 0.6 is 0 Å². The van der Waals surface area contributed by atoms with Crippen LogP contribution in [0.5, 0.6) is 5.75 Å². The number of carbonyl (C=O) groups is 5. The Labute approximate surface area is 216 Å². The molecule has 0 aliphatic carbocycles. The Morgan fingerprint density at radius 3 is 2.32 bits per heavy atom. The summed E-state index contributed by atoms with van der Waals surface area (Å²) in [6.07, 6.45) is 0.105. The number of benzene rings is 2. The Morgan fingerprint density at radius 2 is 1.68 bits per heavy atom. The van der Waals surface area contributed by atoms with Crippen molar-refractivity contribution in [3.8, 4) is 5.75 Å². The molecule has 198 valence electrons. The Bertz CT molecular complexity index is 1300. The van der Waals surface area contributed by atoms with Gasteiger partial charge in [-0.15, -0.1) is 0 Å². The zero-order valence-electron chi connectivity index (χ0n) is 20.4. The quantitative estimate of drug-likeness (QED) is 0.188. The van der Waals surface area contributed by atoms with E-state index in [0.717, 1.165) is 17.0 Å². The second-order valence-electron chi connectivity index (χ2n) is 8.63. The highest BCUT2D eigenvalue weighted by molar-refractivity contribution is 6.22. The summed E-state index contributed by atoms with van der Waals surface area (Å²) in [4.78, 5) is 74.6. The number of carbonyl (C=O) groups excluding carboxylic acids is 5. The van der Waals surface area contributed by atoms with Crippen LogP contribution in [-0.4, -0.2) is 76.8 Å². The number of hydrogen-bond acceptors (Lipinski definition) is 9. The number of nitrogens with one attached hydrogen (secondary N) is 1. The van der Waals surface area contributed by atoms with Crippen molar-refractivity contribution in [3.05, 3.63) is 69.3 Å². The molecule has 1 fully saturated rings. The summed E-state index contributed by atoms with van der Waals surface area (Å²) in [6, 6.07) is 9.18. The largest absolute Gasteiger partial charge is 0.513 e. The molecule has 4 amide bonds. The third-order valence-corrected chi connectivity index (χ3v) is 6.18. The maximum absolute atomic E-state index is 12.8. The Hall–Kier alpha value is -4.81. The van der Waals surface area contributed by atoms with E-state index in [-0.39, 0.29) is 41.1 Å². The maximum Gasteiger partial charge on any atom is 0.513 e. The lowest BCUT2D eigenvalue weighted by Crippen LogP contribution is -2.49. The van der Waals surface area contributed by atoms with E-state index in [1.807, 2.05) is 0 Å². The number of amides is 4. The van der Waals surface area contributed by atoms with Gasteiger partial charge in [0.25, 0.3) is 23.4 Å². The highest BCUT2D eigenvalue weighted by Crippen LogP contribution is 2.26. The van der Waals surface area contributed by atoms with Gasteiger partial charge >= 0.3 is 6.16 Å². The van der Waals surface area contributed by atoms with Gasteiger partial charge in [0.2, 0.25) is 5.91 Å². The molecular weight excluding hydrogens is 500 g/mol. The molecule has 2 aromatic rings. The van der Waals surface area contributed by atoms with Crippen LogP contribution in [0.3, 0.4) is 0 Å². The molecule has 0 saturated carbocycles. The molecule has 0 atom stereocenters. The number of likely N-dealkylation sites (tertiary alicyclic amines) is 1. The van der Waals surface area contributed by atoms with E-state index in [4.69, 9.17) is 9.47 Å². The van der Waals surface area contributed by atoms with Crippen LogP contribution in [0, 0.1) is 10.1 Å². The number of non-ortho nitro benzene ring substituents is 1. The van der Waals surface area contributed by atoms with Crippen LogP contribution in [0.25, 0.3) is 0 Å². The number of piperidine rings is 1. The number of imide groups is 1. The number of hydrogen-bond donors (Lipinski definition) is 1. The monoisotopic (exact) mass is 524 g/mol. The molecule has 0 radical (unpaired) electrons. The molecule has 0 aromatic heterocycles. The predicted octanol–water partition coefficient (Wildman–Crippen LogP) is 2.15. The van der Waals surface area contributed by atoms with E-state index in [9.17, 15) is 34.1 Å². The summed E-state index contributed by atoms with van der Waals surface area (Å²) < 4.78 is 9.69. The third kappa shape index (κ3) is 5.61. The van der Waals surface area contributed by atoms with Crippen molar-refractivity contribution >= 4 is 35.5 Å². The normalized spacial score (nSPS) is 15.2. The molecule has 13 heteroatoms. The molecule has 38 heavy (non-hydrogen) atoms. The molecule has 2 heterocycles. The number of nitro groups is 1. The van der Waals surface area contributed by atoms with Crippen molar-refractivity contribution in [1.82, 2.24) is 15.1 Å². The van der Waals surface area contributed by atoms with Crippen LogP contribution in [0.1, 0.15) is 50.8 Å². The molecule has 1 N–H and O–H groups in total. The number of nitro benzene ring substituents is 1. The van der Waals surface area contributed by atoms with E-state index in [1.54, 1.807) is 24.0 Å². The summed E-state index contributed by atoms with van der Waals surface area (Å²) in [5, 5.41) is 13.8. The molecule has 2 aliphatic heterocycles. The predicted molar refractivity (Wildman–Crippen MR) is 130 cm³/mol. The van der Waals surface area contributed by atoms with Crippen molar-refractivity contribution in [3.63, 3.8) is 0 Å². The summed E-state index contributed by atoms with van der Waals surface area (Å²) in [5.74, 6) is -1.96. The number of fused-ring (bicyclic) bond motifs is 1. The lowest BCUT2D eigenvalue weighted by molar-refractivity contribution is -0.384. The van der Waals surface area contributed by atoms with Gasteiger partial charge in [0, 0.05) is 36.8 Å². The lowest BCUT2D eigenvalue weighted by atomic mass is 10.0. The van der Waals surface area contributed by atoms with Gasteiger partial charge in [-0.05, 0) is 50.1 Å². The average molecular weight is 524 g/mol. The molecule has 1 saturated heterocycles. The van der Waals surface area contributed by atoms with Crippen molar-refractivity contribution < 1.29 is 38.4 Å². The highest BCUT2D eigenvalue weighted by atomic mass is 16.7. The van der Waals surface area contributed by atoms with Gasteiger partial charge < -0.3 is 19.7 Å². The molecule has 2 aliphatic rings. The Balaban J connectivity index is 1.27. The molecular formula is C25H24N4O9. The van der Waals surface area contributed by atoms with Crippen molar-refractivity contribution in [2.45, 2.75) is 25.8 Å². The highest BCUT2D eigenvalue weighted by Gasteiger charge is 2.38. The fourth-order valence-electron chi connectivity index (χ4n) is 4.27. The molecule has 0 bridgehead atoms. The minimum Gasteiger partial charge on any atom is -0.434 e. The Morgan fingerprint density at radius 1 is 1.03 bits per heavy atom. The number of ether oxygens (including phenoxy) is 2. The van der Waals surface area contributed by atoms with Crippen LogP contribution < -0.4 is 10.1 Å². The van der Waals surface area contributed by atoms with Crippen LogP contribution in [-0.2, 0) is 9.53 Å². The first kappa shape index (κ1) is 26.3. The molecule has 2 aromatic carbocycles. The summed E-state index contributed by atoms with van der Waals surface area (Å²) in [7, 11) is 0. The summed E-state index contributed by atoms with van der Waals surface area (Å²) in [6.45, 7) is 2.08. The summed E-state index contributed by atoms with van der Waals surface area (Å²) in [5.41, 5.74) is -0.00182. The SMILES string of the molecule is CCOC(=O)Oc1ccc(C(=O)N2CCC(NC(=O)CN3C(=O)c4ccc([N+](=O)[O-])cc4C3=O)CC2)cc1. The van der Waals surface area contributed by atoms with Gasteiger partial charge in [0.15, 0.2) is 0 Å². The first-order chi connectivity index (χ1) is 18.2. The molecule has 0 unspecified atom stereocenters. The van der Waals surface area contributed by atoms with Gasteiger partial charge in [-0.1, -0.05) is 0 Å². The Kier molecular flexibility index (Phi) is 7.65. The standard InChI is InChI=1S/C25H24N4O9/c1-2-37-25(34)38-18-6-3-15(4-7-18)22(31)27-11-9-16(10-12-27)26-21(30)14-28-23(32)19-8-5-17(29(35)36)13-20(19)24(28)33/h3-8,13,16H,2,9-12,14H2,1H3,(H,26,30). The minimum atomic E-state index is -0.831. The van der Waals surface area contributed by atoms with E-state index in [1.165, 1.54) is 18.2 Å². The van der Waals surface area contributed by atoms with Crippen molar-refractivity contribution in [2.24, 2.45) is 0 Å². The third-order valence-electron chi connectivity index (χ3n) is 6.18. The van der Waals surface area contributed by atoms with E-state index < -0.39 is 35.3 Å².